The van der Waals surface area contributed by atoms with Crippen LogP contribution in [0.5, 0.6) is 0 Å². The molecule has 5 nitrogen and oxygen atoms in total. The van der Waals surface area contributed by atoms with Gasteiger partial charge in [-0.2, -0.15) is 5.26 Å². The van der Waals surface area contributed by atoms with Gasteiger partial charge in [0.05, 0.1) is 22.0 Å². The van der Waals surface area contributed by atoms with Crippen molar-refractivity contribution in [3.63, 3.8) is 0 Å². The molecule has 0 bridgehead atoms. The Bertz CT molecular complexity index is 1670. The normalized spacial score (nSPS) is 10.7. The number of thioether (sulfide) groups is 1. The van der Waals surface area contributed by atoms with Crippen molar-refractivity contribution < 1.29 is 4.79 Å². The number of amides is 1. The summed E-state index contributed by atoms with van der Waals surface area (Å²) >= 11 is 15.0. The Balaban J connectivity index is 1.31. The maximum Gasteiger partial charge on any atom is 0.226 e. The van der Waals surface area contributed by atoms with Gasteiger partial charge in [0.2, 0.25) is 5.91 Å². The van der Waals surface area contributed by atoms with Crippen LogP contribution in [0.15, 0.2) is 95.3 Å². The van der Waals surface area contributed by atoms with E-state index in [1.54, 1.807) is 18.2 Å². The van der Waals surface area contributed by atoms with Crippen LogP contribution in [0.25, 0.3) is 33.6 Å². The van der Waals surface area contributed by atoms with E-state index in [1.165, 1.54) is 23.1 Å². The highest BCUT2D eigenvalue weighted by atomic mass is 35.5. The van der Waals surface area contributed by atoms with Crippen LogP contribution in [0, 0.1) is 11.3 Å². The molecular weight excluding hydrogens is 567 g/mol. The Hall–Kier alpha value is -3.67. The minimum absolute atomic E-state index is 0.174. The van der Waals surface area contributed by atoms with Crippen LogP contribution in [0.1, 0.15) is 12.0 Å². The number of thiazole rings is 1. The van der Waals surface area contributed by atoms with Crippen LogP contribution in [0.3, 0.4) is 0 Å². The molecule has 0 radical (unpaired) electrons. The number of hydrogen-bond donors (Lipinski definition) is 1. The monoisotopic (exact) mass is 586 g/mol. The molecule has 39 heavy (non-hydrogen) atoms. The van der Waals surface area contributed by atoms with Crippen LogP contribution < -0.4 is 5.32 Å². The number of nitriles is 1. The number of pyridine rings is 1. The van der Waals surface area contributed by atoms with Crippen molar-refractivity contribution in [1.82, 2.24) is 9.97 Å². The first-order valence-corrected chi connectivity index (χ1v) is 14.5. The van der Waals surface area contributed by atoms with E-state index in [1.807, 2.05) is 72.1 Å². The number of nitrogens with zero attached hydrogens (tertiary/aromatic N) is 3. The fourth-order valence-corrected chi connectivity index (χ4v) is 6.09. The van der Waals surface area contributed by atoms with Crippen LogP contribution in [0.4, 0.5) is 5.13 Å². The van der Waals surface area contributed by atoms with Gasteiger partial charge >= 0.3 is 0 Å². The fourth-order valence-electron chi connectivity index (χ4n) is 3.91. The molecule has 5 aromatic rings. The van der Waals surface area contributed by atoms with Crippen molar-refractivity contribution in [2.24, 2.45) is 0 Å². The minimum atomic E-state index is -0.174. The van der Waals surface area contributed by atoms with E-state index >= 15 is 0 Å². The van der Waals surface area contributed by atoms with Gasteiger partial charge in [-0.1, -0.05) is 83.9 Å². The summed E-state index contributed by atoms with van der Waals surface area (Å²) in [7, 11) is 0. The predicted molar refractivity (Wildman–Crippen MR) is 161 cm³/mol. The van der Waals surface area contributed by atoms with Gasteiger partial charge < -0.3 is 5.32 Å². The zero-order valence-electron chi connectivity index (χ0n) is 20.4. The molecule has 2 heterocycles. The number of aromatic nitrogens is 2. The quantitative estimate of drug-likeness (QED) is 0.184. The van der Waals surface area contributed by atoms with Gasteiger partial charge in [0.25, 0.3) is 0 Å². The summed E-state index contributed by atoms with van der Waals surface area (Å²) in [5.41, 5.74) is 5.39. The number of anilines is 1. The third-order valence-corrected chi connectivity index (χ3v) is 8.06. The molecule has 0 saturated carbocycles. The van der Waals surface area contributed by atoms with Crippen LogP contribution in [-0.2, 0) is 4.79 Å². The van der Waals surface area contributed by atoms with Gasteiger partial charge in [-0.3, -0.25) is 4.79 Å². The van der Waals surface area contributed by atoms with Gasteiger partial charge in [0.15, 0.2) is 5.13 Å². The van der Waals surface area contributed by atoms with E-state index in [2.05, 4.69) is 16.4 Å². The van der Waals surface area contributed by atoms with Crippen LogP contribution in [0.2, 0.25) is 10.0 Å². The third-order valence-electron chi connectivity index (χ3n) is 5.78. The second kappa shape index (κ2) is 12.5. The lowest BCUT2D eigenvalue weighted by Crippen LogP contribution is -2.12. The van der Waals surface area contributed by atoms with E-state index in [9.17, 15) is 10.1 Å². The Morgan fingerprint density at radius 1 is 0.897 bits per heavy atom. The molecule has 1 amide bonds. The average Bonchev–Trinajstić information content (AvgIpc) is 3.41. The molecule has 0 fully saturated rings. The first-order valence-electron chi connectivity index (χ1n) is 11.9. The zero-order valence-corrected chi connectivity index (χ0v) is 23.5. The van der Waals surface area contributed by atoms with Crippen molar-refractivity contribution >= 4 is 57.3 Å². The molecule has 3 aromatic carbocycles. The van der Waals surface area contributed by atoms with Gasteiger partial charge in [-0.25, -0.2) is 9.97 Å². The molecule has 5 rings (SSSR count). The van der Waals surface area contributed by atoms with Crippen molar-refractivity contribution in [3.8, 4) is 39.7 Å². The molecule has 9 heteroatoms. The van der Waals surface area contributed by atoms with E-state index in [0.29, 0.717) is 37.2 Å². The van der Waals surface area contributed by atoms with Crippen LogP contribution >= 0.6 is 46.3 Å². The molecule has 0 unspecified atom stereocenters. The second-order valence-electron chi connectivity index (χ2n) is 8.39. The standard InChI is InChI=1S/C30H20Cl2N4OS2/c31-21-11-12-22(25(32)15-21)27-18-39-30(35-27)36-28(37)13-14-38-29-24(17-33)23(19-7-3-1-4-8-19)16-26(34-29)20-9-5-2-6-10-20/h1-12,15-16,18H,13-14H2,(H,35,36,37). The number of halogens is 2. The molecule has 0 spiro atoms. The minimum Gasteiger partial charge on any atom is -0.302 e. The van der Waals surface area contributed by atoms with Crippen molar-refractivity contribution in [1.29, 1.82) is 5.26 Å². The van der Waals surface area contributed by atoms with Gasteiger partial charge in [0.1, 0.15) is 11.1 Å². The molecule has 0 atom stereocenters. The summed E-state index contributed by atoms with van der Waals surface area (Å²) in [6.45, 7) is 0. The summed E-state index contributed by atoms with van der Waals surface area (Å²) < 4.78 is 0. The maximum absolute atomic E-state index is 12.7. The molecule has 0 aliphatic heterocycles. The second-order valence-corrected chi connectivity index (χ2v) is 11.2. The summed E-state index contributed by atoms with van der Waals surface area (Å²) in [6.07, 6.45) is 0.226. The Kier molecular flexibility index (Phi) is 8.60. The summed E-state index contributed by atoms with van der Waals surface area (Å²) in [4.78, 5) is 22.0. The van der Waals surface area contributed by atoms with Gasteiger partial charge in [0, 0.05) is 39.3 Å². The first kappa shape index (κ1) is 26.9. The topological polar surface area (TPSA) is 78.7 Å². The van der Waals surface area contributed by atoms with E-state index in [0.717, 1.165) is 27.9 Å². The van der Waals surface area contributed by atoms with Crippen molar-refractivity contribution in [3.05, 3.63) is 106 Å². The lowest BCUT2D eigenvalue weighted by Gasteiger charge is -2.12. The molecular formula is C30H20Cl2N4OS2. The number of rotatable bonds is 8. The number of nitrogens with one attached hydrogen (secondary N) is 1. The molecule has 0 aliphatic carbocycles. The maximum atomic E-state index is 12.7. The largest absolute Gasteiger partial charge is 0.302 e. The molecule has 1 N–H and O–H groups in total. The SMILES string of the molecule is N#Cc1c(-c2ccccc2)cc(-c2ccccc2)nc1SCCC(=O)Nc1nc(-c2ccc(Cl)cc2Cl)cs1. The highest BCUT2D eigenvalue weighted by molar-refractivity contribution is 7.99. The van der Waals surface area contributed by atoms with Crippen molar-refractivity contribution in [2.75, 3.05) is 11.1 Å². The van der Waals surface area contributed by atoms with E-state index < -0.39 is 0 Å². The number of hydrogen-bond acceptors (Lipinski definition) is 6. The highest BCUT2D eigenvalue weighted by Crippen LogP contribution is 2.35. The average molecular weight is 588 g/mol. The number of carbonyl (C=O) groups excluding carboxylic acids is 1. The van der Waals surface area contributed by atoms with E-state index in [4.69, 9.17) is 28.2 Å². The number of carbonyl (C=O) groups is 1. The Labute approximate surface area is 244 Å². The third kappa shape index (κ3) is 6.49. The van der Waals surface area contributed by atoms with Gasteiger partial charge in [-0.05, 0) is 29.8 Å². The van der Waals surface area contributed by atoms with Crippen molar-refractivity contribution in [2.45, 2.75) is 11.4 Å². The predicted octanol–water partition coefficient (Wildman–Crippen LogP) is 8.84. The highest BCUT2D eigenvalue weighted by Gasteiger charge is 2.17. The molecule has 192 valence electrons. The van der Waals surface area contributed by atoms with E-state index in [-0.39, 0.29) is 12.3 Å². The lowest BCUT2D eigenvalue weighted by atomic mass is 9.99. The first-order chi connectivity index (χ1) is 19.0. The van der Waals surface area contributed by atoms with Gasteiger partial charge in [-0.15, -0.1) is 23.1 Å². The zero-order chi connectivity index (χ0) is 27.2. The molecule has 2 aromatic heterocycles. The Morgan fingerprint density at radius 3 is 2.31 bits per heavy atom. The molecule has 0 aliphatic rings. The Morgan fingerprint density at radius 2 is 1.62 bits per heavy atom. The smallest absolute Gasteiger partial charge is 0.226 e. The lowest BCUT2D eigenvalue weighted by molar-refractivity contribution is -0.115. The summed E-state index contributed by atoms with van der Waals surface area (Å²) in [5.74, 6) is 0.271. The molecule has 0 saturated heterocycles. The summed E-state index contributed by atoms with van der Waals surface area (Å²) in [6, 6.07) is 29.1. The number of benzene rings is 3. The summed E-state index contributed by atoms with van der Waals surface area (Å²) in [5, 5.41) is 16.9. The van der Waals surface area contributed by atoms with Crippen LogP contribution in [-0.4, -0.2) is 21.6 Å². The fraction of sp³-hybridized carbons (Fsp3) is 0.0667.